The van der Waals surface area contributed by atoms with Gasteiger partial charge >= 0.3 is 12.1 Å². The van der Waals surface area contributed by atoms with Gasteiger partial charge in [0, 0.05) is 11.1 Å². The molecule has 0 bridgehead atoms. The van der Waals surface area contributed by atoms with Gasteiger partial charge in [-0.15, -0.1) is 0 Å². The van der Waals surface area contributed by atoms with Crippen LogP contribution < -0.4 is 4.74 Å². The molecule has 0 fully saturated rings. The third kappa shape index (κ3) is 4.90. The molecule has 0 radical (unpaired) electrons. The van der Waals surface area contributed by atoms with E-state index in [9.17, 15) is 31.9 Å². The largest absolute Gasteiger partial charge is 0.488 e. The number of alkyl halides is 3. The summed E-state index contributed by atoms with van der Waals surface area (Å²) in [6.07, 6.45) is -0.343. The van der Waals surface area contributed by atoms with Gasteiger partial charge in [0.25, 0.3) is 0 Å². The first kappa shape index (κ1) is 23.3. The standard InChI is InChI=1S/C24H17F5N2O3/c25-15-6-7-22(34-12-13-4-5-14(8-19(13)26)24(27,28)29)18(9-15)16-2-1-3-17(16)20-10-30-11-21(31-20)23(32)33/h4-11H,1-3,12H2,(H,32,33). The molecule has 1 aromatic heterocycles. The maximum absolute atomic E-state index is 14.2. The van der Waals surface area contributed by atoms with Crippen molar-refractivity contribution in [2.45, 2.75) is 32.0 Å². The summed E-state index contributed by atoms with van der Waals surface area (Å²) in [5, 5.41) is 9.20. The predicted octanol–water partition coefficient (Wildman–Crippen LogP) is 6.15. The summed E-state index contributed by atoms with van der Waals surface area (Å²) < 4.78 is 72.4. The van der Waals surface area contributed by atoms with Crippen molar-refractivity contribution in [3.05, 3.63) is 88.5 Å². The van der Waals surface area contributed by atoms with Gasteiger partial charge in [-0.2, -0.15) is 13.2 Å². The molecule has 0 aliphatic heterocycles. The summed E-state index contributed by atoms with van der Waals surface area (Å²) in [7, 11) is 0. The smallest absolute Gasteiger partial charge is 0.416 e. The molecule has 3 aromatic rings. The number of nitrogens with zero attached hydrogens (tertiary/aromatic N) is 2. The number of aromatic carboxylic acids is 1. The Morgan fingerprint density at radius 3 is 2.50 bits per heavy atom. The van der Waals surface area contributed by atoms with Crippen molar-refractivity contribution >= 4 is 17.1 Å². The van der Waals surface area contributed by atoms with E-state index in [1.54, 1.807) is 0 Å². The van der Waals surface area contributed by atoms with Crippen molar-refractivity contribution in [1.82, 2.24) is 9.97 Å². The van der Waals surface area contributed by atoms with Crippen molar-refractivity contribution in [3.8, 4) is 5.75 Å². The topological polar surface area (TPSA) is 72.3 Å². The number of halogens is 5. The third-order valence-electron chi connectivity index (χ3n) is 5.41. The van der Waals surface area contributed by atoms with Gasteiger partial charge in [0.2, 0.25) is 0 Å². The van der Waals surface area contributed by atoms with Crippen LogP contribution in [-0.4, -0.2) is 21.0 Å². The molecular weight excluding hydrogens is 459 g/mol. The number of aromatic nitrogens is 2. The number of allylic oxidation sites excluding steroid dienone is 2. The van der Waals surface area contributed by atoms with Crippen LogP contribution in [0.3, 0.4) is 0 Å². The summed E-state index contributed by atoms with van der Waals surface area (Å²) in [5.41, 5.74) is 0.653. The Kier molecular flexibility index (Phi) is 6.32. The highest BCUT2D eigenvalue weighted by atomic mass is 19.4. The number of carboxylic acid groups (broad SMARTS) is 1. The van der Waals surface area contributed by atoms with E-state index in [4.69, 9.17) is 4.74 Å². The number of ether oxygens (including phenoxy) is 1. The highest BCUT2D eigenvalue weighted by Crippen LogP contribution is 2.42. The Morgan fingerprint density at radius 2 is 1.79 bits per heavy atom. The molecule has 1 aliphatic carbocycles. The van der Waals surface area contributed by atoms with Crippen LogP contribution in [0.5, 0.6) is 5.75 Å². The second-order valence-corrected chi connectivity index (χ2v) is 7.64. The van der Waals surface area contributed by atoms with Gasteiger partial charge in [-0.3, -0.25) is 4.98 Å². The number of benzene rings is 2. The van der Waals surface area contributed by atoms with Crippen molar-refractivity contribution in [1.29, 1.82) is 0 Å². The van der Waals surface area contributed by atoms with E-state index in [-0.39, 0.29) is 23.6 Å². The Morgan fingerprint density at radius 1 is 1.03 bits per heavy atom. The fourth-order valence-electron chi connectivity index (χ4n) is 3.80. The molecule has 0 saturated heterocycles. The molecule has 1 N–H and O–H groups in total. The molecule has 0 unspecified atom stereocenters. The van der Waals surface area contributed by atoms with E-state index >= 15 is 0 Å². The highest BCUT2D eigenvalue weighted by molar-refractivity contribution is 5.94. The summed E-state index contributed by atoms with van der Waals surface area (Å²) >= 11 is 0. The molecule has 0 amide bonds. The zero-order valence-corrected chi connectivity index (χ0v) is 17.5. The van der Waals surface area contributed by atoms with Crippen LogP contribution in [0.25, 0.3) is 11.1 Å². The molecule has 176 valence electrons. The van der Waals surface area contributed by atoms with E-state index in [1.807, 2.05) is 0 Å². The summed E-state index contributed by atoms with van der Waals surface area (Å²) in [5.74, 6) is -2.65. The van der Waals surface area contributed by atoms with Crippen LogP contribution in [-0.2, 0) is 12.8 Å². The third-order valence-corrected chi connectivity index (χ3v) is 5.41. The van der Waals surface area contributed by atoms with Crippen LogP contribution in [0.4, 0.5) is 22.0 Å². The number of rotatable bonds is 6. The Bertz CT molecular complexity index is 1290. The van der Waals surface area contributed by atoms with E-state index in [0.717, 1.165) is 24.4 Å². The van der Waals surface area contributed by atoms with Crippen molar-refractivity contribution < 1.29 is 36.6 Å². The minimum absolute atomic E-state index is 0.0936. The van der Waals surface area contributed by atoms with Crippen LogP contribution >= 0.6 is 0 Å². The van der Waals surface area contributed by atoms with Gasteiger partial charge in [-0.1, -0.05) is 6.07 Å². The molecule has 0 spiro atoms. The van der Waals surface area contributed by atoms with Gasteiger partial charge in [-0.05, 0) is 60.7 Å². The maximum atomic E-state index is 14.2. The zero-order valence-electron chi connectivity index (χ0n) is 17.5. The monoisotopic (exact) mass is 476 g/mol. The quantitative estimate of drug-likeness (QED) is 0.433. The molecule has 10 heteroatoms. The number of carbonyl (C=O) groups is 1. The summed E-state index contributed by atoms with van der Waals surface area (Å²) in [6, 6.07) is 5.91. The molecule has 2 aromatic carbocycles. The van der Waals surface area contributed by atoms with Crippen molar-refractivity contribution in [3.63, 3.8) is 0 Å². The van der Waals surface area contributed by atoms with Crippen molar-refractivity contribution in [2.75, 3.05) is 0 Å². The van der Waals surface area contributed by atoms with Crippen molar-refractivity contribution in [2.24, 2.45) is 0 Å². The van der Waals surface area contributed by atoms with Crippen LogP contribution in [0, 0.1) is 11.6 Å². The van der Waals surface area contributed by atoms with E-state index < -0.39 is 29.3 Å². The second kappa shape index (κ2) is 9.20. The van der Waals surface area contributed by atoms with Crippen LogP contribution in [0.2, 0.25) is 0 Å². The summed E-state index contributed by atoms with van der Waals surface area (Å²) in [4.78, 5) is 19.3. The lowest BCUT2D eigenvalue weighted by Crippen LogP contribution is -2.07. The second-order valence-electron chi connectivity index (χ2n) is 7.64. The van der Waals surface area contributed by atoms with Gasteiger partial charge in [-0.25, -0.2) is 18.6 Å². The fourth-order valence-corrected chi connectivity index (χ4v) is 3.80. The minimum Gasteiger partial charge on any atom is -0.488 e. The van der Waals surface area contributed by atoms with Crippen LogP contribution in [0.1, 0.15) is 52.1 Å². The lowest BCUT2D eigenvalue weighted by Gasteiger charge is -2.15. The first-order valence-corrected chi connectivity index (χ1v) is 10.2. The average Bonchev–Trinajstić information content (AvgIpc) is 3.28. The van der Waals surface area contributed by atoms with Gasteiger partial charge in [0.05, 0.1) is 23.7 Å². The lowest BCUT2D eigenvalue weighted by molar-refractivity contribution is -0.137. The summed E-state index contributed by atoms with van der Waals surface area (Å²) in [6.45, 7) is -0.375. The van der Waals surface area contributed by atoms with E-state index in [1.165, 1.54) is 18.3 Å². The Balaban J connectivity index is 1.67. The SMILES string of the molecule is O=C(O)c1cncc(C2=C(c3cc(F)ccc3OCc3ccc(C(F)(F)F)cc3F)CCC2)n1. The van der Waals surface area contributed by atoms with E-state index in [0.29, 0.717) is 47.7 Å². The zero-order chi connectivity index (χ0) is 24.5. The molecule has 1 aliphatic rings. The molecule has 4 rings (SSSR count). The fraction of sp³-hybridized carbons (Fsp3) is 0.208. The Labute approximate surface area is 190 Å². The number of hydrogen-bond donors (Lipinski definition) is 1. The molecule has 0 saturated carbocycles. The van der Waals surface area contributed by atoms with Gasteiger partial charge in [0.15, 0.2) is 5.69 Å². The molecule has 34 heavy (non-hydrogen) atoms. The normalized spacial score (nSPS) is 13.9. The first-order chi connectivity index (χ1) is 16.1. The highest BCUT2D eigenvalue weighted by Gasteiger charge is 2.31. The number of carboxylic acids is 1. The minimum atomic E-state index is -4.67. The molecule has 0 atom stereocenters. The Hall–Kier alpha value is -3.82. The number of hydrogen-bond acceptors (Lipinski definition) is 4. The van der Waals surface area contributed by atoms with E-state index in [2.05, 4.69) is 9.97 Å². The average molecular weight is 476 g/mol. The maximum Gasteiger partial charge on any atom is 0.416 e. The molecular formula is C24H17F5N2O3. The van der Waals surface area contributed by atoms with Gasteiger partial charge in [0.1, 0.15) is 24.0 Å². The predicted molar refractivity (Wildman–Crippen MR) is 112 cm³/mol. The molecule has 1 heterocycles. The van der Waals surface area contributed by atoms with Crippen LogP contribution in [0.15, 0.2) is 48.8 Å². The first-order valence-electron chi connectivity index (χ1n) is 10.2. The lowest BCUT2D eigenvalue weighted by atomic mass is 9.99. The van der Waals surface area contributed by atoms with Gasteiger partial charge < -0.3 is 9.84 Å². The molecule has 5 nitrogen and oxygen atoms in total.